The van der Waals surface area contributed by atoms with Crippen LogP contribution in [0, 0.1) is 16.7 Å². The summed E-state index contributed by atoms with van der Waals surface area (Å²) in [5.74, 6) is 1.12. The van der Waals surface area contributed by atoms with Crippen LogP contribution in [0.25, 0.3) is 0 Å². The van der Waals surface area contributed by atoms with Gasteiger partial charge in [0.2, 0.25) is 0 Å². The molecule has 1 heteroatoms. The molecule has 0 saturated heterocycles. The summed E-state index contributed by atoms with van der Waals surface area (Å²) >= 11 is 0. The molecule has 0 aromatic rings. The second-order valence-corrected chi connectivity index (χ2v) is 6.20. The number of ketones is 1. The monoisotopic (exact) mass is 196 g/mol. The summed E-state index contributed by atoms with van der Waals surface area (Å²) in [7, 11) is 0. The van der Waals surface area contributed by atoms with Gasteiger partial charge in [-0.25, -0.2) is 0 Å². The molecule has 14 heavy (non-hydrogen) atoms. The third-order valence-corrected chi connectivity index (χ3v) is 3.96. The zero-order chi connectivity index (χ0) is 11.0. The Morgan fingerprint density at radius 2 is 1.86 bits per heavy atom. The van der Waals surface area contributed by atoms with Gasteiger partial charge >= 0.3 is 0 Å². The first-order valence-electron chi connectivity index (χ1n) is 5.81. The average molecular weight is 196 g/mol. The van der Waals surface area contributed by atoms with Gasteiger partial charge in [0.1, 0.15) is 5.78 Å². The minimum Gasteiger partial charge on any atom is -0.300 e. The van der Waals surface area contributed by atoms with Crippen LogP contribution in [-0.2, 0) is 4.79 Å². The summed E-state index contributed by atoms with van der Waals surface area (Å²) in [6.45, 7) is 11.3. The molecule has 0 aromatic heterocycles. The number of rotatable bonds is 2. The van der Waals surface area contributed by atoms with E-state index in [1.807, 2.05) is 0 Å². The van der Waals surface area contributed by atoms with E-state index in [9.17, 15) is 4.79 Å². The van der Waals surface area contributed by atoms with E-state index in [1.165, 1.54) is 12.8 Å². The third kappa shape index (κ3) is 2.37. The lowest BCUT2D eigenvalue weighted by atomic mass is 9.59. The first kappa shape index (κ1) is 11.7. The van der Waals surface area contributed by atoms with Crippen molar-refractivity contribution in [3.05, 3.63) is 0 Å². The molecule has 1 fully saturated rings. The lowest BCUT2D eigenvalue weighted by Gasteiger charge is -2.45. The molecule has 1 saturated carbocycles. The molecule has 0 amide bonds. The summed E-state index contributed by atoms with van der Waals surface area (Å²) < 4.78 is 0. The Bertz CT molecular complexity index is 229. The van der Waals surface area contributed by atoms with Crippen molar-refractivity contribution in [1.82, 2.24) is 0 Å². The molecule has 2 atom stereocenters. The number of carbonyl (C=O) groups is 1. The van der Waals surface area contributed by atoms with Crippen molar-refractivity contribution >= 4 is 5.78 Å². The van der Waals surface area contributed by atoms with Gasteiger partial charge in [0, 0.05) is 12.8 Å². The number of Topliss-reactive ketones (excluding diaryl/α,β-unsaturated/α-hetero) is 1. The van der Waals surface area contributed by atoms with Crippen LogP contribution in [0.1, 0.15) is 60.3 Å². The van der Waals surface area contributed by atoms with Crippen LogP contribution in [-0.4, -0.2) is 5.78 Å². The van der Waals surface area contributed by atoms with Crippen molar-refractivity contribution < 1.29 is 4.79 Å². The lowest BCUT2D eigenvalue weighted by molar-refractivity contribution is -0.129. The van der Waals surface area contributed by atoms with Gasteiger partial charge in [-0.2, -0.15) is 0 Å². The zero-order valence-electron chi connectivity index (χ0n) is 10.3. The zero-order valence-corrected chi connectivity index (χ0v) is 10.3. The molecule has 0 bridgehead atoms. The second-order valence-electron chi connectivity index (χ2n) is 6.20. The van der Waals surface area contributed by atoms with Gasteiger partial charge in [0.25, 0.3) is 0 Å². The first-order valence-corrected chi connectivity index (χ1v) is 5.81. The fourth-order valence-corrected chi connectivity index (χ4v) is 3.11. The summed E-state index contributed by atoms with van der Waals surface area (Å²) in [4.78, 5) is 11.7. The highest BCUT2D eigenvalue weighted by molar-refractivity contribution is 5.80. The molecule has 0 N–H and O–H groups in total. The smallest absolute Gasteiger partial charge is 0.133 e. The van der Waals surface area contributed by atoms with Gasteiger partial charge in [-0.1, -0.05) is 41.0 Å². The Kier molecular flexibility index (Phi) is 3.08. The van der Waals surface area contributed by atoms with Gasteiger partial charge in [0.05, 0.1) is 0 Å². The highest BCUT2D eigenvalue weighted by atomic mass is 16.1. The van der Waals surface area contributed by atoms with Crippen LogP contribution < -0.4 is 0 Å². The van der Waals surface area contributed by atoms with E-state index in [0.717, 1.165) is 12.8 Å². The summed E-state index contributed by atoms with van der Waals surface area (Å²) in [6, 6.07) is 0. The van der Waals surface area contributed by atoms with Gasteiger partial charge in [-0.3, -0.25) is 4.79 Å². The Balaban J connectivity index is 2.84. The fraction of sp³-hybridized carbons (Fsp3) is 0.923. The predicted molar refractivity (Wildman–Crippen MR) is 60.2 cm³/mol. The van der Waals surface area contributed by atoms with E-state index in [4.69, 9.17) is 0 Å². The Morgan fingerprint density at radius 3 is 2.29 bits per heavy atom. The predicted octanol–water partition coefficient (Wildman–Crippen LogP) is 3.82. The summed E-state index contributed by atoms with van der Waals surface area (Å²) in [5, 5.41) is 0. The van der Waals surface area contributed by atoms with Crippen LogP contribution in [0.5, 0.6) is 0 Å². The van der Waals surface area contributed by atoms with Gasteiger partial charge < -0.3 is 0 Å². The van der Waals surface area contributed by atoms with Crippen molar-refractivity contribution in [1.29, 1.82) is 0 Å². The molecule has 1 nitrogen and oxygen atoms in total. The molecule has 2 unspecified atom stereocenters. The molecular formula is C13H24O. The van der Waals surface area contributed by atoms with Crippen LogP contribution in [0.15, 0.2) is 0 Å². The van der Waals surface area contributed by atoms with Crippen LogP contribution in [0.3, 0.4) is 0 Å². The van der Waals surface area contributed by atoms with Crippen molar-refractivity contribution in [2.75, 3.05) is 0 Å². The topological polar surface area (TPSA) is 17.1 Å². The Labute approximate surface area is 88.3 Å². The van der Waals surface area contributed by atoms with Gasteiger partial charge in [0.15, 0.2) is 0 Å². The largest absolute Gasteiger partial charge is 0.300 e. The second kappa shape index (κ2) is 3.67. The van der Waals surface area contributed by atoms with Crippen LogP contribution in [0.4, 0.5) is 0 Å². The molecule has 0 aliphatic heterocycles. The molecule has 0 aromatic carbocycles. The van der Waals surface area contributed by atoms with Crippen molar-refractivity contribution in [2.45, 2.75) is 60.3 Å². The molecule has 0 radical (unpaired) electrons. The number of hydrogen-bond acceptors (Lipinski definition) is 1. The maximum absolute atomic E-state index is 11.7. The van der Waals surface area contributed by atoms with Crippen LogP contribution >= 0.6 is 0 Å². The summed E-state index contributed by atoms with van der Waals surface area (Å²) in [5.41, 5.74) is 0.459. The highest BCUT2D eigenvalue weighted by Gasteiger charge is 2.42. The van der Waals surface area contributed by atoms with E-state index in [1.54, 1.807) is 0 Å². The molecule has 0 heterocycles. The average Bonchev–Trinajstić information content (AvgIpc) is 1.98. The SMILES string of the molecule is CCC(C)C1(C)CC(=O)CC(C)(C)C1. The van der Waals surface area contributed by atoms with E-state index < -0.39 is 0 Å². The third-order valence-electron chi connectivity index (χ3n) is 3.96. The Hall–Kier alpha value is -0.330. The summed E-state index contributed by atoms with van der Waals surface area (Å²) in [6.07, 6.45) is 3.95. The van der Waals surface area contributed by atoms with E-state index in [0.29, 0.717) is 11.7 Å². The van der Waals surface area contributed by atoms with Gasteiger partial charge in [-0.05, 0) is 23.2 Å². The van der Waals surface area contributed by atoms with Crippen molar-refractivity contribution in [3.8, 4) is 0 Å². The van der Waals surface area contributed by atoms with E-state index >= 15 is 0 Å². The van der Waals surface area contributed by atoms with Crippen LogP contribution in [0.2, 0.25) is 0 Å². The van der Waals surface area contributed by atoms with E-state index in [2.05, 4.69) is 34.6 Å². The number of carbonyl (C=O) groups excluding carboxylic acids is 1. The lowest BCUT2D eigenvalue weighted by Crippen LogP contribution is -2.39. The normalized spacial score (nSPS) is 34.2. The first-order chi connectivity index (χ1) is 6.29. The van der Waals surface area contributed by atoms with E-state index in [-0.39, 0.29) is 10.8 Å². The van der Waals surface area contributed by atoms with Crippen molar-refractivity contribution in [2.24, 2.45) is 16.7 Å². The molecule has 1 aliphatic carbocycles. The highest BCUT2D eigenvalue weighted by Crippen LogP contribution is 2.49. The fourth-order valence-electron chi connectivity index (χ4n) is 3.11. The molecule has 1 rings (SSSR count). The van der Waals surface area contributed by atoms with Gasteiger partial charge in [-0.15, -0.1) is 0 Å². The molecule has 0 spiro atoms. The molecular weight excluding hydrogens is 172 g/mol. The molecule has 1 aliphatic rings. The maximum Gasteiger partial charge on any atom is 0.133 e. The Morgan fingerprint density at radius 1 is 1.29 bits per heavy atom. The molecule has 82 valence electrons. The standard InChI is InChI=1S/C13H24O/c1-6-10(2)13(5)8-11(14)7-12(3,4)9-13/h10H,6-9H2,1-5H3. The minimum absolute atomic E-state index is 0.216. The quantitative estimate of drug-likeness (QED) is 0.656. The van der Waals surface area contributed by atoms with Crippen molar-refractivity contribution in [3.63, 3.8) is 0 Å². The maximum atomic E-state index is 11.7. The minimum atomic E-state index is 0.216. The number of hydrogen-bond donors (Lipinski definition) is 0.